The first-order valence-electron chi connectivity index (χ1n) is 10.2. The Balaban J connectivity index is 1.60. The third-order valence-electron chi connectivity index (χ3n) is 4.96. The summed E-state index contributed by atoms with van der Waals surface area (Å²) < 4.78 is 2.19. The molecule has 0 unspecified atom stereocenters. The minimum atomic E-state index is -0.142. The number of allylic oxidation sites excluding steroid dienone is 1. The first-order valence-corrected chi connectivity index (χ1v) is 12.0. The van der Waals surface area contributed by atoms with Gasteiger partial charge in [0, 0.05) is 17.1 Å². The second kappa shape index (κ2) is 9.54. The molecule has 0 saturated carbocycles. The molecule has 2 aromatic heterocycles. The van der Waals surface area contributed by atoms with Crippen LogP contribution in [0.4, 0.5) is 5.69 Å². The van der Waals surface area contributed by atoms with E-state index in [-0.39, 0.29) is 17.2 Å². The molecule has 4 aromatic rings. The molecule has 0 fully saturated rings. The molecule has 5 nitrogen and oxygen atoms in total. The summed E-state index contributed by atoms with van der Waals surface area (Å²) in [5, 5.41) is 3.45. The molecule has 2 heterocycles. The highest BCUT2D eigenvalue weighted by molar-refractivity contribution is 7.99. The van der Waals surface area contributed by atoms with Gasteiger partial charge in [-0.05, 0) is 37.1 Å². The van der Waals surface area contributed by atoms with Gasteiger partial charge in [0.1, 0.15) is 4.70 Å². The molecule has 162 valence electrons. The van der Waals surface area contributed by atoms with Crippen LogP contribution in [0.3, 0.4) is 0 Å². The number of carbonyl (C=O) groups excluding carboxylic acids is 1. The van der Waals surface area contributed by atoms with E-state index in [1.807, 2.05) is 68.4 Å². The van der Waals surface area contributed by atoms with Crippen molar-refractivity contribution in [1.29, 1.82) is 0 Å². The van der Waals surface area contributed by atoms with Gasteiger partial charge in [0.2, 0.25) is 5.91 Å². The normalized spacial score (nSPS) is 10.9. The Morgan fingerprint density at radius 2 is 1.97 bits per heavy atom. The number of aryl methyl sites for hydroxylation is 2. The van der Waals surface area contributed by atoms with Gasteiger partial charge in [0.05, 0.1) is 11.3 Å². The number of aromatic nitrogens is 2. The SMILES string of the molecule is C=CCn1c(SCC(=O)Nc2ccc(C)cc2C)nc2cc(-c3ccccc3)sc2c1=O. The van der Waals surface area contributed by atoms with Crippen molar-refractivity contribution >= 4 is 44.9 Å². The third-order valence-corrected chi connectivity index (χ3v) is 7.09. The van der Waals surface area contributed by atoms with Crippen molar-refractivity contribution in [1.82, 2.24) is 9.55 Å². The molecule has 0 radical (unpaired) electrons. The van der Waals surface area contributed by atoms with Gasteiger partial charge in [-0.1, -0.05) is 65.9 Å². The summed E-state index contributed by atoms with van der Waals surface area (Å²) in [4.78, 5) is 31.4. The maximum Gasteiger partial charge on any atom is 0.272 e. The molecule has 1 amide bonds. The lowest BCUT2D eigenvalue weighted by atomic mass is 10.1. The first kappa shape index (κ1) is 22.0. The van der Waals surface area contributed by atoms with E-state index in [2.05, 4.69) is 11.9 Å². The fraction of sp³-hybridized carbons (Fsp3) is 0.160. The van der Waals surface area contributed by atoms with E-state index in [1.54, 1.807) is 10.6 Å². The number of nitrogens with one attached hydrogen (secondary N) is 1. The molecule has 0 aliphatic heterocycles. The zero-order valence-electron chi connectivity index (χ0n) is 17.9. The number of hydrogen-bond donors (Lipinski definition) is 1. The van der Waals surface area contributed by atoms with Crippen molar-refractivity contribution < 1.29 is 4.79 Å². The first-order chi connectivity index (χ1) is 15.5. The molecule has 0 saturated heterocycles. The number of carbonyl (C=O) groups is 1. The number of nitrogens with zero attached hydrogens (tertiary/aromatic N) is 2. The van der Waals surface area contributed by atoms with E-state index in [9.17, 15) is 9.59 Å². The lowest BCUT2D eigenvalue weighted by molar-refractivity contribution is -0.113. The van der Waals surface area contributed by atoms with Gasteiger partial charge in [-0.25, -0.2) is 4.98 Å². The van der Waals surface area contributed by atoms with E-state index in [0.29, 0.717) is 21.9 Å². The Hall–Kier alpha value is -3.16. The smallest absolute Gasteiger partial charge is 0.272 e. The van der Waals surface area contributed by atoms with Crippen LogP contribution in [-0.4, -0.2) is 21.2 Å². The lowest BCUT2D eigenvalue weighted by Gasteiger charge is -2.11. The van der Waals surface area contributed by atoms with Crippen LogP contribution in [0.5, 0.6) is 0 Å². The quantitative estimate of drug-likeness (QED) is 0.219. The summed E-state index contributed by atoms with van der Waals surface area (Å²) in [5.74, 6) is 0.00898. The number of fused-ring (bicyclic) bond motifs is 1. The largest absolute Gasteiger partial charge is 0.325 e. The van der Waals surface area contributed by atoms with Gasteiger partial charge in [0.15, 0.2) is 5.16 Å². The number of amides is 1. The van der Waals surface area contributed by atoms with Crippen molar-refractivity contribution in [3.8, 4) is 10.4 Å². The number of rotatable bonds is 7. The van der Waals surface area contributed by atoms with Gasteiger partial charge in [0.25, 0.3) is 5.56 Å². The molecule has 32 heavy (non-hydrogen) atoms. The molecule has 0 aliphatic carbocycles. The Morgan fingerprint density at radius 1 is 1.19 bits per heavy atom. The molecule has 0 atom stereocenters. The summed E-state index contributed by atoms with van der Waals surface area (Å²) in [7, 11) is 0. The molecule has 0 aliphatic rings. The van der Waals surface area contributed by atoms with Crippen molar-refractivity contribution in [3.05, 3.63) is 88.7 Å². The van der Waals surface area contributed by atoms with Crippen LogP contribution in [0, 0.1) is 13.8 Å². The summed E-state index contributed by atoms with van der Waals surface area (Å²) in [6.45, 7) is 8.08. The van der Waals surface area contributed by atoms with Gasteiger partial charge in [-0.3, -0.25) is 14.2 Å². The van der Waals surface area contributed by atoms with E-state index in [0.717, 1.165) is 27.3 Å². The molecule has 1 N–H and O–H groups in total. The Bertz CT molecular complexity index is 1360. The van der Waals surface area contributed by atoms with Crippen molar-refractivity contribution in [2.24, 2.45) is 0 Å². The van der Waals surface area contributed by atoms with Crippen molar-refractivity contribution in [3.63, 3.8) is 0 Å². The average Bonchev–Trinajstić information content (AvgIpc) is 3.22. The van der Waals surface area contributed by atoms with E-state index in [1.165, 1.54) is 23.1 Å². The van der Waals surface area contributed by atoms with E-state index < -0.39 is 0 Å². The Kier molecular flexibility index (Phi) is 6.58. The highest BCUT2D eigenvalue weighted by atomic mass is 32.2. The average molecular weight is 462 g/mol. The Labute approximate surface area is 194 Å². The van der Waals surface area contributed by atoms with Gasteiger partial charge in [-0.15, -0.1) is 17.9 Å². The van der Waals surface area contributed by atoms with E-state index in [4.69, 9.17) is 4.98 Å². The van der Waals surface area contributed by atoms with Crippen LogP contribution >= 0.6 is 23.1 Å². The van der Waals surface area contributed by atoms with Crippen LogP contribution in [0.25, 0.3) is 20.7 Å². The minimum absolute atomic E-state index is 0.112. The van der Waals surface area contributed by atoms with Crippen molar-refractivity contribution in [2.75, 3.05) is 11.1 Å². The monoisotopic (exact) mass is 461 g/mol. The molecular weight excluding hydrogens is 438 g/mol. The predicted octanol–water partition coefficient (Wildman–Crippen LogP) is 5.66. The highest BCUT2D eigenvalue weighted by Gasteiger charge is 2.16. The lowest BCUT2D eigenvalue weighted by Crippen LogP contribution is -2.23. The third kappa shape index (κ3) is 4.69. The van der Waals surface area contributed by atoms with Crippen LogP contribution < -0.4 is 10.9 Å². The summed E-state index contributed by atoms with van der Waals surface area (Å²) in [6, 6.07) is 17.8. The van der Waals surface area contributed by atoms with Gasteiger partial charge < -0.3 is 5.32 Å². The number of benzene rings is 2. The van der Waals surface area contributed by atoms with Crippen LogP contribution in [0.1, 0.15) is 11.1 Å². The van der Waals surface area contributed by atoms with Crippen LogP contribution in [0.2, 0.25) is 0 Å². The maximum atomic E-state index is 13.2. The second-order valence-corrected chi connectivity index (χ2v) is 9.44. The summed E-state index contributed by atoms with van der Waals surface area (Å²) >= 11 is 2.69. The molecule has 0 spiro atoms. The second-order valence-electron chi connectivity index (χ2n) is 7.45. The zero-order chi connectivity index (χ0) is 22.7. The highest BCUT2D eigenvalue weighted by Crippen LogP contribution is 2.32. The van der Waals surface area contributed by atoms with Gasteiger partial charge in [-0.2, -0.15) is 0 Å². The number of anilines is 1. The van der Waals surface area contributed by atoms with Crippen LogP contribution in [-0.2, 0) is 11.3 Å². The standard InChI is InChI=1S/C25H23N3O2S2/c1-4-12-28-24(30)23-20(14-21(32-23)18-8-6-5-7-9-18)27-25(28)31-15-22(29)26-19-11-10-16(2)13-17(19)3/h4-11,13-14H,1,12,15H2,2-3H3,(H,26,29). The molecular formula is C25H23N3O2S2. The molecule has 4 rings (SSSR count). The maximum absolute atomic E-state index is 13.2. The number of thiophene rings is 1. The fourth-order valence-electron chi connectivity index (χ4n) is 3.41. The zero-order valence-corrected chi connectivity index (χ0v) is 19.6. The topological polar surface area (TPSA) is 64.0 Å². The summed E-state index contributed by atoms with van der Waals surface area (Å²) in [6.07, 6.45) is 1.67. The summed E-state index contributed by atoms with van der Waals surface area (Å²) in [5.41, 5.74) is 4.53. The molecule has 2 aromatic carbocycles. The minimum Gasteiger partial charge on any atom is -0.325 e. The van der Waals surface area contributed by atoms with Crippen LogP contribution in [0.15, 0.2) is 77.2 Å². The number of thioether (sulfide) groups is 1. The fourth-order valence-corrected chi connectivity index (χ4v) is 5.27. The predicted molar refractivity (Wildman–Crippen MR) is 135 cm³/mol. The van der Waals surface area contributed by atoms with Gasteiger partial charge >= 0.3 is 0 Å². The van der Waals surface area contributed by atoms with E-state index >= 15 is 0 Å². The van der Waals surface area contributed by atoms with Crippen molar-refractivity contribution in [2.45, 2.75) is 25.5 Å². The molecule has 0 bridgehead atoms. The number of hydrogen-bond acceptors (Lipinski definition) is 5. The molecule has 7 heteroatoms. The Morgan fingerprint density at radius 3 is 2.69 bits per heavy atom.